The molecule has 0 aliphatic carbocycles. The summed E-state index contributed by atoms with van der Waals surface area (Å²) in [5.41, 5.74) is -1.53. The average Bonchev–Trinajstić information content (AvgIpc) is 2.12. The predicted molar refractivity (Wildman–Crippen MR) is 73.5 cm³/mol. The van der Waals surface area contributed by atoms with E-state index in [4.69, 9.17) is 4.74 Å². The standard InChI is InChI=1S/C14H27NO4/c1-8-19-12(17)10(13(2,3)4)11(16)15(7)9-14(5,6)18/h10,18H,8-9H2,1-7H3. The highest BCUT2D eigenvalue weighted by molar-refractivity contribution is 5.98. The third-order valence-electron chi connectivity index (χ3n) is 2.64. The second kappa shape index (κ2) is 6.37. The quantitative estimate of drug-likeness (QED) is 0.608. The van der Waals surface area contributed by atoms with Crippen molar-refractivity contribution in [1.29, 1.82) is 0 Å². The van der Waals surface area contributed by atoms with Crippen molar-refractivity contribution in [2.45, 2.75) is 47.1 Å². The highest BCUT2D eigenvalue weighted by Crippen LogP contribution is 2.29. The third-order valence-corrected chi connectivity index (χ3v) is 2.64. The van der Waals surface area contributed by atoms with E-state index in [0.717, 1.165) is 0 Å². The number of esters is 1. The average molecular weight is 273 g/mol. The molecule has 19 heavy (non-hydrogen) atoms. The van der Waals surface area contributed by atoms with Crippen molar-refractivity contribution in [3.8, 4) is 0 Å². The lowest BCUT2D eigenvalue weighted by molar-refractivity contribution is -0.161. The fraction of sp³-hybridized carbons (Fsp3) is 0.857. The van der Waals surface area contributed by atoms with Crippen LogP contribution in [0.1, 0.15) is 41.5 Å². The lowest BCUT2D eigenvalue weighted by Gasteiger charge is -2.33. The van der Waals surface area contributed by atoms with Gasteiger partial charge in [-0.15, -0.1) is 0 Å². The molecule has 0 fully saturated rings. The van der Waals surface area contributed by atoms with Gasteiger partial charge in [-0.05, 0) is 26.2 Å². The molecule has 0 saturated heterocycles. The number of aliphatic hydroxyl groups is 1. The molecule has 0 saturated carbocycles. The fourth-order valence-electron chi connectivity index (χ4n) is 1.93. The van der Waals surface area contributed by atoms with Crippen molar-refractivity contribution in [2.24, 2.45) is 11.3 Å². The molecule has 5 nitrogen and oxygen atoms in total. The van der Waals surface area contributed by atoms with Gasteiger partial charge in [0.05, 0.1) is 12.2 Å². The molecular formula is C14H27NO4. The summed E-state index contributed by atoms with van der Waals surface area (Å²) in [6.07, 6.45) is 0. The van der Waals surface area contributed by atoms with E-state index in [1.54, 1.807) is 27.8 Å². The van der Waals surface area contributed by atoms with Crippen LogP contribution in [0.15, 0.2) is 0 Å². The van der Waals surface area contributed by atoms with Gasteiger partial charge in [-0.2, -0.15) is 0 Å². The second-order valence-electron chi connectivity index (χ2n) is 6.56. The van der Waals surface area contributed by atoms with Crippen molar-refractivity contribution < 1.29 is 19.4 Å². The van der Waals surface area contributed by atoms with E-state index >= 15 is 0 Å². The summed E-state index contributed by atoms with van der Waals surface area (Å²) >= 11 is 0. The predicted octanol–water partition coefficient (Wildman–Crippen LogP) is 1.44. The summed E-state index contributed by atoms with van der Waals surface area (Å²) in [7, 11) is 1.58. The zero-order valence-electron chi connectivity index (χ0n) is 13.1. The molecule has 0 aliphatic heterocycles. The maximum absolute atomic E-state index is 12.4. The molecule has 1 N–H and O–H groups in total. The Balaban J connectivity index is 5.08. The second-order valence-corrected chi connectivity index (χ2v) is 6.56. The largest absolute Gasteiger partial charge is 0.465 e. The van der Waals surface area contributed by atoms with Gasteiger partial charge in [-0.25, -0.2) is 0 Å². The molecule has 0 aromatic rings. The third kappa shape index (κ3) is 6.05. The topological polar surface area (TPSA) is 66.8 Å². The van der Waals surface area contributed by atoms with Crippen LogP contribution in [0, 0.1) is 11.3 Å². The molecule has 0 bridgehead atoms. The van der Waals surface area contributed by atoms with Crippen molar-refractivity contribution >= 4 is 11.9 Å². The van der Waals surface area contributed by atoms with E-state index in [1.165, 1.54) is 4.90 Å². The van der Waals surface area contributed by atoms with Crippen LogP contribution in [0.25, 0.3) is 0 Å². The zero-order chi connectivity index (χ0) is 15.4. The fourth-order valence-corrected chi connectivity index (χ4v) is 1.93. The number of carbonyl (C=O) groups is 2. The maximum atomic E-state index is 12.4. The monoisotopic (exact) mass is 273 g/mol. The molecule has 0 aliphatic rings. The Morgan fingerprint density at radius 3 is 2.00 bits per heavy atom. The summed E-state index contributed by atoms with van der Waals surface area (Å²) in [4.78, 5) is 25.7. The van der Waals surface area contributed by atoms with Gasteiger partial charge in [-0.3, -0.25) is 9.59 Å². The first-order chi connectivity index (χ1) is 8.40. The minimum absolute atomic E-state index is 0.165. The molecule has 5 heteroatoms. The molecule has 0 radical (unpaired) electrons. The Morgan fingerprint density at radius 1 is 1.21 bits per heavy atom. The van der Waals surface area contributed by atoms with E-state index in [-0.39, 0.29) is 19.1 Å². The van der Waals surface area contributed by atoms with Gasteiger partial charge in [-0.1, -0.05) is 20.8 Å². The first-order valence-corrected chi connectivity index (χ1v) is 6.54. The molecule has 0 rings (SSSR count). The highest BCUT2D eigenvalue weighted by atomic mass is 16.5. The Hall–Kier alpha value is -1.10. The number of carbonyl (C=O) groups excluding carboxylic acids is 2. The highest BCUT2D eigenvalue weighted by Gasteiger charge is 2.41. The minimum Gasteiger partial charge on any atom is -0.465 e. The normalized spacial score (nSPS) is 13.9. The van der Waals surface area contributed by atoms with Crippen LogP contribution in [-0.2, 0) is 14.3 Å². The van der Waals surface area contributed by atoms with Crippen LogP contribution in [-0.4, -0.2) is 47.7 Å². The van der Waals surface area contributed by atoms with Crippen molar-refractivity contribution in [1.82, 2.24) is 4.90 Å². The molecule has 0 spiro atoms. The van der Waals surface area contributed by atoms with Gasteiger partial charge in [0.1, 0.15) is 5.92 Å². The van der Waals surface area contributed by atoms with Crippen LogP contribution in [0.5, 0.6) is 0 Å². The molecule has 1 unspecified atom stereocenters. The van der Waals surface area contributed by atoms with E-state index in [2.05, 4.69) is 0 Å². The van der Waals surface area contributed by atoms with E-state index < -0.39 is 22.9 Å². The SMILES string of the molecule is CCOC(=O)C(C(=O)N(C)CC(C)(C)O)C(C)(C)C. The molecule has 1 atom stereocenters. The number of hydrogen-bond acceptors (Lipinski definition) is 4. The summed E-state index contributed by atoms with van der Waals surface area (Å²) in [5.74, 6) is -1.70. The Kier molecular flexibility index (Phi) is 6.00. The number of hydrogen-bond donors (Lipinski definition) is 1. The van der Waals surface area contributed by atoms with Crippen molar-refractivity contribution in [2.75, 3.05) is 20.2 Å². The molecule has 1 amide bonds. The molecule has 0 heterocycles. The van der Waals surface area contributed by atoms with E-state index in [9.17, 15) is 14.7 Å². The van der Waals surface area contributed by atoms with Gasteiger partial charge in [0.15, 0.2) is 0 Å². The number of rotatable bonds is 5. The summed E-state index contributed by atoms with van der Waals surface area (Å²) in [6, 6.07) is 0. The van der Waals surface area contributed by atoms with Crippen LogP contribution in [0.3, 0.4) is 0 Å². The Labute approximate surface area is 115 Å². The van der Waals surface area contributed by atoms with Gasteiger partial charge in [0.2, 0.25) is 5.91 Å². The van der Waals surface area contributed by atoms with Crippen LogP contribution >= 0.6 is 0 Å². The lowest BCUT2D eigenvalue weighted by atomic mass is 9.79. The molecular weight excluding hydrogens is 246 g/mol. The van der Waals surface area contributed by atoms with Crippen LogP contribution < -0.4 is 0 Å². The number of ether oxygens (including phenoxy) is 1. The molecule has 0 aromatic carbocycles. The summed E-state index contributed by atoms with van der Waals surface area (Å²) < 4.78 is 4.98. The lowest BCUT2D eigenvalue weighted by Crippen LogP contribution is -2.48. The number of nitrogens with zero attached hydrogens (tertiary/aromatic N) is 1. The van der Waals surface area contributed by atoms with Gasteiger partial charge in [0.25, 0.3) is 0 Å². The maximum Gasteiger partial charge on any atom is 0.319 e. The number of amides is 1. The van der Waals surface area contributed by atoms with E-state index in [1.807, 2.05) is 20.8 Å². The molecule has 112 valence electrons. The minimum atomic E-state index is -0.999. The van der Waals surface area contributed by atoms with E-state index in [0.29, 0.717) is 0 Å². The smallest absolute Gasteiger partial charge is 0.319 e. The zero-order valence-corrected chi connectivity index (χ0v) is 13.1. The van der Waals surface area contributed by atoms with Crippen molar-refractivity contribution in [3.05, 3.63) is 0 Å². The van der Waals surface area contributed by atoms with Gasteiger partial charge in [0, 0.05) is 13.6 Å². The van der Waals surface area contributed by atoms with Gasteiger partial charge < -0.3 is 14.7 Å². The first kappa shape index (κ1) is 17.9. The van der Waals surface area contributed by atoms with Gasteiger partial charge >= 0.3 is 5.97 Å². The van der Waals surface area contributed by atoms with Crippen LogP contribution in [0.4, 0.5) is 0 Å². The van der Waals surface area contributed by atoms with Crippen molar-refractivity contribution in [3.63, 3.8) is 0 Å². The van der Waals surface area contributed by atoms with Crippen LogP contribution in [0.2, 0.25) is 0 Å². The Morgan fingerprint density at radius 2 is 1.68 bits per heavy atom. The number of likely N-dealkylation sites (N-methyl/N-ethyl adjacent to an activating group) is 1. The first-order valence-electron chi connectivity index (χ1n) is 6.54. The Bertz CT molecular complexity index is 325. The molecule has 0 aromatic heterocycles. The summed E-state index contributed by atoms with van der Waals surface area (Å²) in [6.45, 7) is 10.8. The summed E-state index contributed by atoms with van der Waals surface area (Å²) in [5, 5.41) is 9.75.